The van der Waals surface area contributed by atoms with Gasteiger partial charge in [0.05, 0.1) is 31.2 Å². The molecule has 2 atom stereocenters. The van der Waals surface area contributed by atoms with Crippen LogP contribution in [0.5, 0.6) is 0 Å². The quantitative estimate of drug-likeness (QED) is 0.525. The molecule has 25 heavy (non-hydrogen) atoms. The largest absolute Gasteiger partial charge is 0.465 e. The summed E-state index contributed by atoms with van der Waals surface area (Å²) in [6.45, 7) is 8.66. The molecule has 0 N–H and O–H groups in total. The maximum absolute atomic E-state index is 12.4. The molecule has 0 amide bonds. The number of nitrogens with zero attached hydrogens (tertiary/aromatic N) is 3. The van der Waals surface area contributed by atoms with Crippen LogP contribution >= 0.6 is 0 Å². The number of aryl methyl sites for hydroxylation is 1. The molecule has 2 unspecified atom stereocenters. The standard InChI is InChI=1S/C18H27N3O4/c1-11(2)10-25-17(23)5-6-21-9-13(19-20-21)7-15-16(22)8-14(12(3)4)18(15)24/h9,11-12,14-15H,5-8,10H2,1-4H3. The fourth-order valence-electron chi connectivity index (χ4n) is 2.94. The Labute approximate surface area is 148 Å². The number of hydrogen-bond donors (Lipinski definition) is 0. The maximum Gasteiger partial charge on any atom is 0.307 e. The van der Waals surface area contributed by atoms with E-state index in [2.05, 4.69) is 10.3 Å². The van der Waals surface area contributed by atoms with Gasteiger partial charge in [-0.2, -0.15) is 0 Å². The number of rotatable bonds is 8. The summed E-state index contributed by atoms with van der Waals surface area (Å²) in [4.78, 5) is 36.1. The van der Waals surface area contributed by atoms with E-state index in [0.29, 0.717) is 37.6 Å². The summed E-state index contributed by atoms with van der Waals surface area (Å²) in [5.74, 6) is -0.558. The van der Waals surface area contributed by atoms with Gasteiger partial charge in [-0.05, 0) is 11.8 Å². The molecule has 7 nitrogen and oxygen atoms in total. The molecule has 0 aromatic carbocycles. The number of esters is 1. The second-order valence-electron chi connectivity index (χ2n) is 7.48. The molecule has 0 bridgehead atoms. The van der Waals surface area contributed by atoms with Crippen molar-refractivity contribution in [2.24, 2.45) is 23.7 Å². The molecule has 0 spiro atoms. The minimum absolute atomic E-state index is 0.00415. The van der Waals surface area contributed by atoms with Crippen LogP contribution in [0.4, 0.5) is 0 Å². The van der Waals surface area contributed by atoms with Crippen LogP contribution in [0.1, 0.15) is 46.2 Å². The Kier molecular flexibility index (Phi) is 6.45. The first kappa shape index (κ1) is 19.3. The van der Waals surface area contributed by atoms with Gasteiger partial charge in [0.1, 0.15) is 11.6 Å². The first-order valence-electron chi connectivity index (χ1n) is 8.89. The minimum atomic E-state index is -0.603. The van der Waals surface area contributed by atoms with E-state index in [4.69, 9.17) is 4.74 Å². The van der Waals surface area contributed by atoms with E-state index < -0.39 is 5.92 Å². The topological polar surface area (TPSA) is 91.2 Å². The molecule has 0 saturated heterocycles. The van der Waals surface area contributed by atoms with E-state index in [9.17, 15) is 14.4 Å². The van der Waals surface area contributed by atoms with E-state index in [-0.39, 0.29) is 35.8 Å². The predicted octanol–water partition coefficient (Wildman–Crippen LogP) is 1.84. The number of Topliss-reactive ketones (excluding diaryl/α,β-unsaturated/α-hetero) is 2. The van der Waals surface area contributed by atoms with Gasteiger partial charge in [0, 0.05) is 25.0 Å². The third-order valence-corrected chi connectivity index (χ3v) is 4.45. The SMILES string of the molecule is CC(C)COC(=O)CCn1cc(CC2C(=O)CC(C(C)C)C2=O)nn1. The zero-order valence-corrected chi connectivity index (χ0v) is 15.4. The molecule has 1 aromatic rings. The zero-order chi connectivity index (χ0) is 18.6. The van der Waals surface area contributed by atoms with Gasteiger partial charge in [-0.1, -0.05) is 32.9 Å². The third-order valence-electron chi connectivity index (χ3n) is 4.45. The minimum Gasteiger partial charge on any atom is -0.465 e. The molecular weight excluding hydrogens is 322 g/mol. The van der Waals surface area contributed by atoms with Gasteiger partial charge in [0.2, 0.25) is 0 Å². The van der Waals surface area contributed by atoms with E-state index in [1.165, 1.54) is 0 Å². The predicted molar refractivity (Wildman–Crippen MR) is 90.6 cm³/mol. The highest BCUT2D eigenvalue weighted by molar-refractivity contribution is 6.10. The van der Waals surface area contributed by atoms with E-state index >= 15 is 0 Å². The molecule has 0 aliphatic heterocycles. The van der Waals surface area contributed by atoms with Crippen LogP contribution in [-0.2, 0) is 32.1 Å². The second kappa shape index (κ2) is 8.36. The van der Waals surface area contributed by atoms with Crippen molar-refractivity contribution in [2.45, 2.75) is 53.5 Å². The third kappa shape index (κ3) is 5.21. The summed E-state index contributed by atoms with van der Waals surface area (Å²) in [7, 11) is 0. The Bertz CT molecular complexity index is 636. The fourth-order valence-corrected chi connectivity index (χ4v) is 2.94. The normalized spacial score (nSPS) is 20.7. The molecule has 1 aliphatic rings. The number of carbonyl (C=O) groups excluding carboxylic acids is 3. The molecule has 1 aliphatic carbocycles. The van der Waals surface area contributed by atoms with Crippen LogP contribution < -0.4 is 0 Å². The van der Waals surface area contributed by atoms with E-state index in [1.54, 1.807) is 10.9 Å². The van der Waals surface area contributed by atoms with Crippen LogP contribution in [0, 0.1) is 23.7 Å². The average Bonchev–Trinajstić information content (AvgIpc) is 3.10. The molecule has 2 rings (SSSR count). The lowest BCUT2D eigenvalue weighted by Gasteiger charge is -2.11. The monoisotopic (exact) mass is 349 g/mol. The lowest BCUT2D eigenvalue weighted by Crippen LogP contribution is -2.22. The highest BCUT2D eigenvalue weighted by atomic mass is 16.5. The molecule has 1 saturated carbocycles. The van der Waals surface area contributed by atoms with Crippen LogP contribution in [0.2, 0.25) is 0 Å². The Hall–Kier alpha value is -2.05. The number of ketones is 2. The Morgan fingerprint density at radius 3 is 2.64 bits per heavy atom. The number of ether oxygens (including phenoxy) is 1. The van der Waals surface area contributed by atoms with Crippen molar-refractivity contribution in [1.82, 2.24) is 15.0 Å². The first-order chi connectivity index (χ1) is 11.8. The number of hydrogen-bond acceptors (Lipinski definition) is 6. The Morgan fingerprint density at radius 1 is 1.32 bits per heavy atom. The van der Waals surface area contributed by atoms with Gasteiger partial charge in [-0.15, -0.1) is 5.10 Å². The van der Waals surface area contributed by atoms with Crippen molar-refractivity contribution < 1.29 is 19.1 Å². The Morgan fingerprint density at radius 2 is 2.04 bits per heavy atom. The van der Waals surface area contributed by atoms with Gasteiger partial charge in [-0.25, -0.2) is 0 Å². The average molecular weight is 349 g/mol. The van der Waals surface area contributed by atoms with Crippen molar-refractivity contribution in [3.63, 3.8) is 0 Å². The van der Waals surface area contributed by atoms with Gasteiger partial charge in [-0.3, -0.25) is 19.1 Å². The summed E-state index contributed by atoms with van der Waals surface area (Å²) in [6, 6.07) is 0. The van der Waals surface area contributed by atoms with Gasteiger partial charge in [0.15, 0.2) is 0 Å². The van der Waals surface area contributed by atoms with Crippen molar-refractivity contribution in [1.29, 1.82) is 0 Å². The maximum atomic E-state index is 12.4. The Balaban J connectivity index is 1.86. The summed E-state index contributed by atoms with van der Waals surface area (Å²) in [6.07, 6.45) is 2.53. The van der Waals surface area contributed by atoms with Gasteiger partial charge >= 0.3 is 5.97 Å². The van der Waals surface area contributed by atoms with Crippen molar-refractivity contribution in [3.05, 3.63) is 11.9 Å². The zero-order valence-electron chi connectivity index (χ0n) is 15.4. The van der Waals surface area contributed by atoms with Crippen LogP contribution in [0.3, 0.4) is 0 Å². The lowest BCUT2D eigenvalue weighted by atomic mass is 9.91. The van der Waals surface area contributed by atoms with Crippen LogP contribution in [-0.4, -0.2) is 39.1 Å². The first-order valence-corrected chi connectivity index (χ1v) is 8.89. The lowest BCUT2D eigenvalue weighted by molar-refractivity contribution is -0.145. The molecule has 7 heteroatoms. The van der Waals surface area contributed by atoms with Crippen LogP contribution in [0.25, 0.3) is 0 Å². The van der Waals surface area contributed by atoms with E-state index in [1.807, 2.05) is 27.7 Å². The van der Waals surface area contributed by atoms with Crippen molar-refractivity contribution in [2.75, 3.05) is 6.61 Å². The van der Waals surface area contributed by atoms with Crippen molar-refractivity contribution >= 4 is 17.5 Å². The summed E-state index contributed by atoms with van der Waals surface area (Å²) in [5, 5.41) is 7.99. The smallest absolute Gasteiger partial charge is 0.307 e. The van der Waals surface area contributed by atoms with E-state index in [0.717, 1.165) is 0 Å². The summed E-state index contributed by atoms with van der Waals surface area (Å²) in [5.41, 5.74) is 0.603. The highest BCUT2D eigenvalue weighted by Gasteiger charge is 2.42. The molecule has 138 valence electrons. The fraction of sp³-hybridized carbons (Fsp3) is 0.722. The van der Waals surface area contributed by atoms with Gasteiger partial charge in [0.25, 0.3) is 0 Å². The molecule has 1 aromatic heterocycles. The number of aromatic nitrogens is 3. The number of carbonyl (C=O) groups is 3. The highest BCUT2D eigenvalue weighted by Crippen LogP contribution is 2.31. The summed E-state index contributed by atoms with van der Waals surface area (Å²) < 4.78 is 6.66. The van der Waals surface area contributed by atoms with Crippen LogP contribution in [0.15, 0.2) is 6.20 Å². The van der Waals surface area contributed by atoms with Crippen molar-refractivity contribution in [3.8, 4) is 0 Å². The summed E-state index contributed by atoms with van der Waals surface area (Å²) >= 11 is 0. The molecule has 1 fully saturated rings. The van der Waals surface area contributed by atoms with Gasteiger partial charge < -0.3 is 4.74 Å². The second-order valence-corrected chi connectivity index (χ2v) is 7.48. The molecular formula is C18H27N3O4. The molecule has 0 radical (unpaired) electrons. The molecule has 1 heterocycles.